The Balaban J connectivity index is 2.32. The lowest BCUT2D eigenvalue weighted by Crippen LogP contribution is -2.19. The molecule has 0 aliphatic heterocycles. The van der Waals surface area contributed by atoms with Gasteiger partial charge in [-0.3, -0.25) is 4.79 Å². The number of hydrogen-bond donors (Lipinski definition) is 4. The van der Waals surface area contributed by atoms with Crippen LogP contribution < -0.4 is 11.1 Å². The van der Waals surface area contributed by atoms with Crippen molar-refractivity contribution >= 4 is 29.0 Å². The summed E-state index contributed by atoms with van der Waals surface area (Å²) in [4.78, 5) is 12.1. The van der Waals surface area contributed by atoms with E-state index in [0.717, 1.165) is 0 Å². The molecule has 2 aromatic rings. The van der Waals surface area contributed by atoms with Crippen molar-refractivity contribution in [1.29, 1.82) is 0 Å². The number of nitrogens with one attached hydrogen (secondary N) is 1. The van der Waals surface area contributed by atoms with Crippen molar-refractivity contribution < 1.29 is 15.1 Å². The van der Waals surface area contributed by atoms with Gasteiger partial charge in [-0.05, 0) is 42.5 Å². The summed E-state index contributed by atoms with van der Waals surface area (Å²) in [6.07, 6.45) is 0. The Morgan fingerprint density at radius 1 is 1.19 bits per heavy atom. The first-order valence-electron chi connectivity index (χ1n) is 5.89. The highest BCUT2D eigenvalue weighted by Crippen LogP contribution is 2.22. The molecular formula is C14H12ClN3O3. The summed E-state index contributed by atoms with van der Waals surface area (Å²) in [7, 11) is 0. The van der Waals surface area contributed by atoms with Crippen LogP contribution in [0.25, 0.3) is 0 Å². The molecule has 5 N–H and O–H groups in total. The fourth-order valence-corrected chi connectivity index (χ4v) is 1.88. The quantitative estimate of drug-likeness (QED) is 0.302. The minimum Gasteiger partial charge on any atom is -0.508 e. The molecule has 0 spiro atoms. The molecule has 0 heterocycles. The van der Waals surface area contributed by atoms with Crippen molar-refractivity contribution in [3.63, 3.8) is 0 Å². The van der Waals surface area contributed by atoms with Crippen molar-refractivity contribution in [2.45, 2.75) is 0 Å². The van der Waals surface area contributed by atoms with Gasteiger partial charge in [0, 0.05) is 16.1 Å². The van der Waals surface area contributed by atoms with Gasteiger partial charge < -0.3 is 21.4 Å². The summed E-state index contributed by atoms with van der Waals surface area (Å²) in [6.45, 7) is 0. The van der Waals surface area contributed by atoms with Gasteiger partial charge in [0.15, 0.2) is 5.84 Å². The summed E-state index contributed by atoms with van der Waals surface area (Å²) in [5, 5.41) is 23.9. The smallest absolute Gasteiger partial charge is 0.255 e. The van der Waals surface area contributed by atoms with Gasteiger partial charge in [-0.2, -0.15) is 0 Å². The van der Waals surface area contributed by atoms with E-state index in [1.807, 2.05) is 0 Å². The number of phenolic OH excluding ortho intramolecular Hbond substituents is 1. The Morgan fingerprint density at radius 2 is 1.86 bits per heavy atom. The van der Waals surface area contributed by atoms with Gasteiger partial charge in [-0.25, -0.2) is 0 Å². The van der Waals surface area contributed by atoms with Crippen LogP contribution in [0.15, 0.2) is 47.6 Å². The first kappa shape index (κ1) is 14.7. The van der Waals surface area contributed by atoms with Crippen LogP contribution >= 0.6 is 11.6 Å². The normalized spacial score (nSPS) is 11.2. The molecule has 2 aromatic carbocycles. The van der Waals surface area contributed by atoms with Crippen molar-refractivity contribution in [2.24, 2.45) is 10.9 Å². The zero-order valence-corrected chi connectivity index (χ0v) is 11.5. The number of anilines is 1. The Kier molecular flexibility index (Phi) is 4.30. The predicted molar refractivity (Wildman–Crippen MR) is 80.0 cm³/mol. The molecule has 21 heavy (non-hydrogen) atoms. The van der Waals surface area contributed by atoms with Crippen LogP contribution in [0.4, 0.5) is 5.69 Å². The number of carbonyl (C=O) groups excluding carboxylic acids is 1. The largest absolute Gasteiger partial charge is 0.508 e. The SMILES string of the molecule is NC(=NO)c1ccc(Cl)cc1NC(=O)c1ccc(O)cc1. The second-order valence-electron chi connectivity index (χ2n) is 4.18. The molecule has 0 aliphatic rings. The minimum absolute atomic E-state index is 0.0617. The molecule has 0 bridgehead atoms. The van der Waals surface area contributed by atoms with Crippen LogP contribution in [-0.4, -0.2) is 22.1 Å². The van der Waals surface area contributed by atoms with Crippen molar-refractivity contribution in [3.8, 4) is 5.75 Å². The summed E-state index contributed by atoms with van der Waals surface area (Å²) in [5.74, 6) is -0.497. The molecule has 2 rings (SSSR count). The lowest BCUT2D eigenvalue weighted by atomic mass is 10.1. The maximum atomic E-state index is 12.1. The average molecular weight is 306 g/mol. The lowest BCUT2D eigenvalue weighted by Gasteiger charge is -2.10. The summed E-state index contributed by atoms with van der Waals surface area (Å²) < 4.78 is 0. The first-order valence-corrected chi connectivity index (χ1v) is 6.27. The zero-order valence-electron chi connectivity index (χ0n) is 10.7. The fraction of sp³-hybridized carbons (Fsp3) is 0. The highest BCUT2D eigenvalue weighted by Gasteiger charge is 2.12. The topological polar surface area (TPSA) is 108 Å². The van der Waals surface area contributed by atoms with Gasteiger partial charge >= 0.3 is 0 Å². The third-order valence-corrected chi connectivity index (χ3v) is 2.98. The number of rotatable bonds is 3. The number of benzene rings is 2. The first-order chi connectivity index (χ1) is 10.0. The number of phenols is 1. The molecule has 0 atom stereocenters. The number of aromatic hydroxyl groups is 1. The van der Waals surface area contributed by atoms with Gasteiger partial charge in [0.1, 0.15) is 5.75 Å². The van der Waals surface area contributed by atoms with Gasteiger partial charge in [-0.1, -0.05) is 16.8 Å². The van der Waals surface area contributed by atoms with Crippen LogP contribution in [0.1, 0.15) is 15.9 Å². The van der Waals surface area contributed by atoms with E-state index in [1.54, 1.807) is 6.07 Å². The number of halogens is 1. The number of hydrogen-bond acceptors (Lipinski definition) is 4. The molecule has 1 amide bonds. The second-order valence-corrected chi connectivity index (χ2v) is 4.61. The van der Waals surface area contributed by atoms with E-state index in [4.69, 9.17) is 22.5 Å². The second kappa shape index (κ2) is 6.15. The van der Waals surface area contributed by atoms with Crippen LogP contribution in [0.3, 0.4) is 0 Å². The molecule has 6 nitrogen and oxygen atoms in total. The van der Waals surface area contributed by atoms with Gasteiger partial charge in [0.05, 0.1) is 5.69 Å². The molecule has 108 valence electrons. The van der Waals surface area contributed by atoms with Crippen molar-refractivity contribution in [1.82, 2.24) is 0 Å². The summed E-state index contributed by atoms with van der Waals surface area (Å²) >= 11 is 5.89. The predicted octanol–water partition coefficient (Wildman–Crippen LogP) is 2.39. The minimum atomic E-state index is -0.413. The molecular weight excluding hydrogens is 294 g/mol. The number of amides is 1. The molecule has 0 unspecified atom stereocenters. The van der Waals surface area contributed by atoms with Gasteiger partial charge in [0.25, 0.3) is 5.91 Å². The van der Waals surface area contributed by atoms with E-state index in [9.17, 15) is 9.90 Å². The Morgan fingerprint density at radius 3 is 2.48 bits per heavy atom. The lowest BCUT2D eigenvalue weighted by molar-refractivity contribution is 0.102. The number of carbonyl (C=O) groups is 1. The van der Waals surface area contributed by atoms with Crippen LogP contribution in [0, 0.1) is 0 Å². The molecule has 0 saturated carbocycles. The van der Waals surface area contributed by atoms with Crippen LogP contribution in [0.2, 0.25) is 5.02 Å². The van der Waals surface area contributed by atoms with E-state index in [0.29, 0.717) is 21.8 Å². The number of oxime groups is 1. The van der Waals surface area contributed by atoms with E-state index in [-0.39, 0.29) is 11.6 Å². The summed E-state index contributed by atoms with van der Waals surface area (Å²) in [6, 6.07) is 10.3. The molecule has 0 aromatic heterocycles. The highest BCUT2D eigenvalue weighted by molar-refractivity contribution is 6.31. The summed E-state index contributed by atoms with van der Waals surface area (Å²) in [5.41, 5.74) is 6.55. The molecule has 0 radical (unpaired) electrons. The Labute approximate surface area is 125 Å². The average Bonchev–Trinajstić information content (AvgIpc) is 2.47. The monoisotopic (exact) mass is 305 g/mol. The molecule has 0 saturated heterocycles. The van der Waals surface area contributed by atoms with E-state index in [2.05, 4.69) is 10.5 Å². The van der Waals surface area contributed by atoms with Crippen LogP contribution in [-0.2, 0) is 0 Å². The van der Waals surface area contributed by atoms with E-state index >= 15 is 0 Å². The van der Waals surface area contributed by atoms with Gasteiger partial charge in [-0.15, -0.1) is 0 Å². The molecule has 0 aliphatic carbocycles. The maximum absolute atomic E-state index is 12.1. The van der Waals surface area contributed by atoms with E-state index in [1.165, 1.54) is 36.4 Å². The molecule has 7 heteroatoms. The van der Waals surface area contributed by atoms with Crippen molar-refractivity contribution in [2.75, 3.05) is 5.32 Å². The van der Waals surface area contributed by atoms with E-state index < -0.39 is 5.91 Å². The third kappa shape index (κ3) is 3.43. The van der Waals surface area contributed by atoms with Crippen LogP contribution in [0.5, 0.6) is 5.75 Å². The number of amidine groups is 1. The fourth-order valence-electron chi connectivity index (χ4n) is 1.70. The third-order valence-electron chi connectivity index (χ3n) is 2.74. The number of nitrogens with two attached hydrogens (primary N) is 1. The maximum Gasteiger partial charge on any atom is 0.255 e. The number of nitrogens with zero attached hydrogens (tertiary/aromatic N) is 1. The Hall–Kier alpha value is -2.73. The highest BCUT2D eigenvalue weighted by atomic mass is 35.5. The Bertz CT molecular complexity index is 699. The van der Waals surface area contributed by atoms with Gasteiger partial charge in [0.2, 0.25) is 0 Å². The zero-order chi connectivity index (χ0) is 15.4. The standard InChI is InChI=1S/C14H12ClN3O3/c15-9-3-6-11(13(16)18-21)12(7-9)17-14(20)8-1-4-10(19)5-2-8/h1-7,19,21H,(H2,16,18)(H,17,20). The molecule has 0 fully saturated rings. The van der Waals surface area contributed by atoms with Crippen molar-refractivity contribution in [3.05, 3.63) is 58.6 Å².